The maximum atomic E-state index is 11.9. The van der Waals surface area contributed by atoms with E-state index in [-0.39, 0.29) is 6.09 Å². The van der Waals surface area contributed by atoms with Crippen molar-refractivity contribution in [2.24, 2.45) is 0 Å². The second kappa shape index (κ2) is 5.42. The van der Waals surface area contributed by atoms with Crippen LogP contribution in [0, 0.1) is 6.92 Å². The summed E-state index contributed by atoms with van der Waals surface area (Å²) in [4.78, 5) is 17.8. The van der Waals surface area contributed by atoms with Crippen LogP contribution in [0.2, 0.25) is 0 Å². The van der Waals surface area contributed by atoms with Crippen molar-refractivity contribution in [2.45, 2.75) is 53.7 Å². The zero-order valence-electron chi connectivity index (χ0n) is 12.1. The average Bonchev–Trinajstić information content (AvgIpc) is 2.82. The number of ether oxygens (including phenoxy) is 1. The third-order valence-electron chi connectivity index (χ3n) is 2.42. The first kappa shape index (κ1) is 14.5. The van der Waals surface area contributed by atoms with Gasteiger partial charge in [-0.2, -0.15) is 0 Å². The van der Waals surface area contributed by atoms with Crippen LogP contribution < -0.4 is 4.90 Å². The Kier molecular flexibility index (Phi) is 4.38. The van der Waals surface area contributed by atoms with E-state index in [4.69, 9.17) is 4.74 Å². The van der Waals surface area contributed by atoms with Crippen LogP contribution in [0.5, 0.6) is 0 Å². The van der Waals surface area contributed by atoms with Crippen LogP contribution in [0.25, 0.3) is 0 Å². The van der Waals surface area contributed by atoms with E-state index in [0.717, 1.165) is 18.1 Å². The molecule has 1 aliphatic heterocycles. The van der Waals surface area contributed by atoms with Gasteiger partial charge in [0.1, 0.15) is 11.4 Å². The lowest BCUT2D eigenvalue weighted by molar-refractivity contribution is 0.0583. The molecule has 0 radical (unpaired) electrons. The Hall–Kier alpha value is -1.52. The molecule has 1 aromatic rings. The number of anilines is 1. The molecule has 1 amide bonds. The molecule has 0 saturated carbocycles. The molecule has 0 bridgehead atoms. The van der Waals surface area contributed by atoms with Crippen LogP contribution in [-0.2, 0) is 11.3 Å². The molecule has 0 aromatic carbocycles. The van der Waals surface area contributed by atoms with Gasteiger partial charge in [0.05, 0.1) is 12.0 Å². The highest BCUT2D eigenvalue weighted by molar-refractivity contribution is 5.88. The first-order chi connectivity index (χ1) is 8.38. The van der Waals surface area contributed by atoms with Gasteiger partial charge in [0.25, 0.3) is 0 Å². The molecule has 0 N–H and O–H groups in total. The van der Waals surface area contributed by atoms with Crippen molar-refractivity contribution in [3.8, 4) is 0 Å². The predicted octanol–water partition coefficient (Wildman–Crippen LogP) is 2.97. The Balaban J connectivity index is 0.000000771. The Morgan fingerprint density at radius 2 is 1.94 bits per heavy atom. The van der Waals surface area contributed by atoms with E-state index in [1.165, 1.54) is 0 Å². The first-order valence-corrected chi connectivity index (χ1v) is 6.41. The molecule has 0 unspecified atom stereocenters. The van der Waals surface area contributed by atoms with Crippen molar-refractivity contribution in [1.82, 2.24) is 9.55 Å². The summed E-state index contributed by atoms with van der Waals surface area (Å²) >= 11 is 0. The predicted molar refractivity (Wildman–Crippen MR) is 71.9 cm³/mol. The zero-order valence-corrected chi connectivity index (χ0v) is 12.1. The van der Waals surface area contributed by atoms with E-state index >= 15 is 0 Å². The van der Waals surface area contributed by atoms with Crippen molar-refractivity contribution in [2.75, 3.05) is 11.4 Å². The fourth-order valence-electron chi connectivity index (χ4n) is 1.80. The summed E-state index contributed by atoms with van der Waals surface area (Å²) in [6.07, 6.45) is 1.46. The maximum Gasteiger partial charge on any atom is 0.416 e. The highest BCUT2D eigenvalue weighted by Gasteiger charge is 2.30. The zero-order chi connectivity index (χ0) is 13.9. The number of fused-ring (bicyclic) bond motifs is 1. The minimum absolute atomic E-state index is 0.296. The van der Waals surface area contributed by atoms with E-state index in [1.54, 1.807) is 11.2 Å². The lowest BCUT2D eigenvalue weighted by Gasteiger charge is -2.24. The van der Waals surface area contributed by atoms with Gasteiger partial charge in [-0.15, -0.1) is 0 Å². The summed E-state index contributed by atoms with van der Waals surface area (Å²) in [5.41, 5.74) is 0.404. The van der Waals surface area contributed by atoms with Crippen molar-refractivity contribution < 1.29 is 9.53 Å². The lowest BCUT2D eigenvalue weighted by atomic mass is 10.2. The summed E-state index contributed by atoms with van der Waals surface area (Å²) in [5.74, 6) is 0.856. The van der Waals surface area contributed by atoms with Gasteiger partial charge in [-0.05, 0) is 27.7 Å². The summed E-state index contributed by atoms with van der Waals surface area (Å²) in [6, 6.07) is 0. The third kappa shape index (κ3) is 3.03. The molecule has 0 aliphatic carbocycles. The number of carbonyl (C=O) groups is 1. The molecule has 1 aliphatic rings. The van der Waals surface area contributed by atoms with Gasteiger partial charge in [-0.3, -0.25) is 4.90 Å². The highest BCUT2D eigenvalue weighted by atomic mass is 16.6. The topological polar surface area (TPSA) is 47.4 Å². The van der Waals surface area contributed by atoms with Crippen LogP contribution in [0.15, 0.2) is 6.33 Å². The Morgan fingerprint density at radius 1 is 1.33 bits per heavy atom. The fourth-order valence-corrected chi connectivity index (χ4v) is 1.80. The SMILES string of the molecule is CC.Cc1ncn2c1N(C(=O)OC(C)(C)C)CC2. The smallest absolute Gasteiger partial charge is 0.416 e. The van der Waals surface area contributed by atoms with E-state index in [1.807, 2.05) is 46.1 Å². The average molecular weight is 253 g/mol. The van der Waals surface area contributed by atoms with Crippen LogP contribution in [-0.4, -0.2) is 27.8 Å². The molecule has 0 atom stereocenters. The third-order valence-corrected chi connectivity index (χ3v) is 2.42. The number of hydrogen-bond acceptors (Lipinski definition) is 3. The van der Waals surface area contributed by atoms with E-state index < -0.39 is 5.60 Å². The summed E-state index contributed by atoms with van der Waals surface area (Å²) in [5, 5.41) is 0. The maximum absolute atomic E-state index is 11.9. The van der Waals surface area contributed by atoms with E-state index in [2.05, 4.69) is 4.98 Å². The van der Waals surface area contributed by atoms with Crippen molar-refractivity contribution >= 4 is 11.9 Å². The van der Waals surface area contributed by atoms with Gasteiger partial charge >= 0.3 is 6.09 Å². The van der Waals surface area contributed by atoms with Crippen molar-refractivity contribution in [3.05, 3.63) is 12.0 Å². The largest absolute Gasteiger partial charge is 0.443 e. The molecule has 102 valence electrons. The molecule has 5 heteroatoms. The molecular formula is C13H23N3O2. The normalized spacial score (nSPS) is 13.8. The molecule has 0 spiro atoms. The summed E-state index contributed by atoms with van der Waals surface area (Å²) in [6.45, 7) is 12.9. The van der Waals surface area contributed by atoms with Crippen LogP contribution >= 0.6 is 0 Å². The Morgan fingerprint density at radius 3 is 2.50 bits per heavy atom. The second-order valence-corrected chi connectivity index (χ2v) is 4.98. The quantitative estimate of drug-likeness (QED) is 0.714. The minimum Gasteiger partial charge on any atom is -0.443 e. The number of hydrogen-bond donors (Lipinski definition) is 0. The fraction of sp³-hybridized carbons (Fsp3) is 0.692. The number of aromatic nitrogens is 2. The number of aryl methyl sites for hydroxylation is 1. The van der Waals surface area contributed by atoms with Gasteiger partial charge < -0.3 is 9.30 Å². The lowest BCUT2D eigenvalue weighted by Crippen LogP contribution is -2.36. The van der Waals surface area contributed by atoms with Crippen LogP contribution in [0.1, 0.15) is 40.3 Å². The number of carbonyl (C=O) groups excluding carboxylic acids is 1. The van der Waals surface area contributed by atoms with Gasteiger partial charge in [0, 0.05) is 13.1 Å². The summed E-state index contributed by atoms with van der Waals surface area (Å²) < 4.78 is 7.32. The molecule has 1 aromatic heterocycles. The number of nitrogens with zero attached hydrogens (tertiary/aromatic N) is 3. The monoisotopic (exact) mass is 253 g/mol. The number of imidazole rings is 1. The van der Waals surface area contributed by atoms with Gasteiger partial charge in [-0.25, -0.2) is 9.78 Å². The standard InChI is InChI=1S/C11H17N3O2.C2H6/c1-8-9-13(7-12-8)5-6-14(9)10(15)16-11(2,3)4;1-2/h7H,5-6H2,1-4H3;1-2H3. The van der Waals surface area contributed by atoms with Crippen LogP contribution in [0.4, 0.5) is 10.6 Å². The molecular weight excluding hydrogens is 230 g/mol. The van der Waals surface area contributed by atoms with Crippen molar-refractivity contribution in [1.29, 1.82) is 0 Å². The second-order valence-electron chi connectivity index (χ2n) is 4.98. The summed E-state index contributed by atoms with van der Waals surface area (Å²) in [7, 11) is 0. The molecule has 2 heterocycles. The van der Waals surface area contributed by atoms with Crippen molar-refractivity contribution in [3.63, 3.8) is 0 Å². The number of rotatable bonds is 0. The molecule has 0 fully saturated rings. The van der Waals surface area contributed by atoms with Gasteiger partial charge in [0.15, 0.2) is 0 Å². The van der Waals surface area contributed by atoms with Crippen LogP contribution in [0.3, 0.4) is 0 Å². The highest BCUT2D eigenvalue weighted by Crippen LogP contribution is 2.26. The molecule has 2 rings (SSSR count). The molecule has 5 nitrogen and oxygen atoms in total. The van der Waals surface area contributed by atoms with Gasteiger partial charge in [-0.1, -0.05) is 13.8 Å². The van der Waals surface area contributed by atoms with E-state index in [0.29, 0.717) is 6.54 Å². The minimum atomic E-state index is -0.460. The Bertz CT molecular complexity index is 418. The van der Waals surface area contributed by atoms with Gasteiger partial charge in [0.2, 0.25) is 0 Å². The number of amides is 1. The Labute approximate surface area is 109 Å². The molecule has 18 heavy (non-hydrogen) atoms. The molecule has 0 saturated heterocycles. The van der Waals surface area contributed by atoms with E-state index in [9.17, 15) is 4.79 Å². The first-order valence-electron chi connectivity index (χ1n) is 6.41.